The van der Waals surface area contributed by atoms with E-state index in [1.54, 1.807) is 12.1 Å². The quantitative estimate of drug-likeness (QED) is 0.896. The molecule has 90 valence electrons. The van der Waals surface area contributed by atoms with Gasteiger partial charge in [0.2, 0.25) is 0 Å². The normalized spacial score (nSPS) is 25.2. The monoisotopic (exact) mass is 250 g/mol. The minimum Gasteiger partial charge on any atom is -0.372 e. The third-order valence-corrected chi connectivity index (χ3v) is 3.19. The van der Waals surface area contributed by atoms with Gasteiger partial charge >= 0.3 is 0 Å². The van der Waals surface area contributed by atoms with Crippen LogP contribution in [0.15, 0.2) is 24.3 Å². The van der Waals surface area contributed by atoms with E-state index in [1.807, 2.05) is 19.1 Å². The van der Waals surface area contributed by atoms with E-state index in [4.69, 9.17) is 16.3 Å². The summed E-state index contributed by atoms with van der Waals surface area (Å²) in [5, 5.41) is 13.0. The van der Waals surface area contributed by atoms with Crippen LogP contribution in [0.4, 0.5) is 5.69 Å². The molecular weight excluding hydrogens is 236 g/mol. The predicted molar refractivity (Wildman–Crippen MR) is 68.0 cm³/mol. The molecule has 4 heteroatoms. The van der Waals surface area contributed by atoms with Crippen molar-refractivity contribution in [3.8, 4) is 6.07 Å². The van der Waals surface area contributed by atoms with Crippen LogP contribution in [-0.4, -0.2) is 18.2 Å². The van der Waals surface area contributed by atoms with Gasteiger partial charge in [-0.2, -0.15) is 5.26 Å². The fourth-order valence-electron chi connectivity index (χ4n) is 2.01. The van der Waals surface area contributed by atoms with Gasteiger partial charge in [-0.1, -0.05) is 11.6 Å². The molecule has 1 fully saturated rings. The van der Waals surface area contributed by atoms with E-state index in [0.29, 0.717) is 5.02 Å². The lowest BCUT2D eigenvalue weighted by atomic mass is 10.1. The summed E-state index contributed by atoms with van der Waals surface area (Å²) < 4.78 is 5.70. The van der Waals surface area contributed by atoms with Gasteiger partial charge in [0.05, 0.1) is 18.3 Å². The molecule has 1 saturated heterocycles. The van der Waals surface area contributed by atoms with Crippen molar-refractivity contribution in [2.24, 2.45) is 0 Å². The van der Waals surface area contributed by atoms with Crippen LogP contribution in [0.5, 0.6) is 0 Å². The summed E-state index contributed by atoms with van der Waals surface area (Å²) in [6.07, 6.45) is 2.18. The molecule has 1 aromatic carbocycles. The van der Waals surface area contributed by atoms with Crippen LogP contribution >= 0.6 is 11.6 Å². The Bertz CT molecular complexity index is 412. The first-order chi connectivity index (χ1) is 8.19. The zero-order valence-corrected chi connectivity index (χ0v) is 10.4. The molecule has 0 bridgehead atoms. The summed E-state index contributed by atoms with van der Waals surface area (Å²) in [4.78, 5) is 0. The minimum atomic E-state index is -0.305. The highest BCUT2D eigenvalue weighted by Gasteiger charge is 2.29. The van der Waals surface area contributed by atoms with Gasteiger partial charge in [-0.15, -0.1) is 0 Å². The van der Waals surface area contributed by atoms with Gasteiger partial charge in [0.15, 0.2) is 0 Å². The van der Waals surface area contributed by atoms with Crippen molar-refractivity contribution in [2.45, 2.75) is 38.0 Å². The maximum Gasteiger partial charge on any atom is 0.141 e. The predicted octanol–water partition coefficient (Wildman–Crippen LogP) is 3.21. The number of rotatable bonds is 3. The standard InChI is InChI=1S/C13H15ClN2O/c1-9-2-7-13(17-9)12(8-15)16-11-5-3-10(14)4-6-11/h3-6,9,12-13,16H,2,7H2,1H3. The summed E-state index contributed by atoms with van der Waals surface area (Å²) in [6.45, 7) is 2.04. The fraction of sp³-hybridized carbons (Fsp3) is 0.462. The maximum absolute atomic E-state index is 9.17. The van der Waals surface area contributed by atoms with Crippen LogP contribution in [0, 0.1) is 11.3 Å². The highest BCUT2D eigenvalue weighted by Crippen LogP contribution is 2.24. The van der Waals surface area contributed by atoms with Crippen molar-refractivity contribution in [1.82, 2.24) is 0 Å². The molecule has 0 saturated carbocycles. The number of ether oxygens (including phenoxy) is 1. The number of hydrogen-bond donors (Lipinski definition) is 1. The van der Waals surface area contributed by atoms with E-state index >= 15 is 0 Å². The molecular formula is C13H15ClN2O. The largest absolute Gasteiger partial charge is 0.372 e. The smallest absolute Gasteiger partial charge is 0.141 e. The van der Waals surface area contributed by atoms with Crippen molar-refractivity contribution in [3.05, 3.63) is 29.3 Å². The number of nitrogens with zero attached hydrogens (tertiary/aromatic N) is 1. The van der Waals surface area contributed by atoms with E-state index in [1.165, 1.54) is 0 Å². The van der Waals surface area contributed by atoms with Gasteiger partial charge in [0.25, 0.3) is 0 Å². The zero-order valence-electron chi connectivity index (χ0n) is 9.69. The van der Waals surface area contributed by atoms with Gasteiger partial charge in [-0.3, -0.25) is 0 Å². The Morgan fingerprint density at radius 3 is 2.65 bits per heavy atom. The van der Waals surface area contributed by atoms with E-state index in [0.717, 1.165) is 18.5 Å². The van der Waals surface area contributed by atoms with Crippen LogP contribution in [-0.2, 0) is 4.74 Å². The second-order valence-electron chi connectivity index (χ2n) is 4.32. The molecule has 1 heterocycles. The number of benzene rings is 1. The van der Waals surface area contributed by atoms with Crippen molar-refractivity contribution < 1.29 is 4.74 Å². The number of nitriles is 1. The SMILES string of the molecule is CC1CCC(C(C#N)Nc2ccc(Cl)cc2)O1. The minimum absolute atomic E-state index is 0.0225. The molecule has 0 aliphatic carbocycles. The van der Waals surface area contributed by atoms with E-state index in [9.17, 15) is 5.26 Å². The number of anilines is 1. The summed E-state index contributed by atoms with van der Waals surface area (Å²) in [6, 6.07) is 9.29. The lowest BCUT2D eigenvalue weighted by Crippen LogP contribution is -2.32. The Morgan fingerprint density at radius 1 is 1.41 bits per heavy atom. The lowest BCUT2D eigenvalue weighted by Gasteiger charge is -2.19. The molecule has 1 aliphatic rings. The van der Waals surface area contributed by atoms with E-state index in [-0.39, 0.29) is 18.2 Å². The molecule has 1 aromatic rings. The first kappa shape index (κ1) is 12.2. The molecule has 0 amide bonds. The topological polar surface area (TPSA) is 45.0 Å². The molecule has 1 aliphatic heterocycles. The summed E-state index contributed by atoms with van der Waals surface area (Å²) in [5.74, 6) is 0. The maximum atomic E-state index is 9.17. The molecule has 0 aromatic heterocycles. The van der Waals surface area contributed by atoms with Crippen molar-refractivity contribution >= 4 is 17.3 Å². The van der Waals surface area contributed by atoms with Crippen LogP contribution in [0.3, 0.4) is 0 Å². The molecule has 17 heavy (non-hydrogen) atoms. The van der Waals surface area contributed by atoms with Crippen LogP contribution in [0.25, 0.3) is 0 Å². The van der Waals surface area contributed by atoms with Gasteiger partial charge in [-0.05, 0) is 44.0 Å². The Hall–Kier alpha value is -1.24. The average Bonchev–Trinajstić information content (AvgIpc) is 2.75. The average molecular weight is 251 g/mol. The van der Waals surface area contributed by atoms with Crippen LogP contribution < -0.4 is 5.32 Å². The summed E-state index contributed by atoms with van der Waals surface area (Å²) >= 11 is 5.81. The second-order valence-corrected chi connectivity index (χ2v) is 4.76. The third-order valence-electron chi connectivity index (χ3n) is 2.94. The van der Waals surface area contributed by atoms with Crippen LogP contribution in [0.2, 0.25) is 5.02 Å². The third kappa shape index (κ3) is 3.12. The number of nitrogens with one attached hydrogen (secondary N) is 1. The number of halogens is 1. The highest BCUT2D eigenvalue weighted by atomic mass is 35.5. The summed E-state index contributed by atoms with van der Waals surface area (Å²) in [5.41, 5.74) is 0.893. The second kappa shape index (κ2) is 5.39. The van der Waals surface area contributed by atoms with E-state index < -0.39 is 0 Å². The first-order valence-electron chi connectivity index (χ1n) is 5.76. The van der Waals surface area contributed by atoms with E-state index in [2.05, 4.69) is 11.4 Å². The van der Waals surface area contributed by atoms with Gasteiger partial charge in [0, 0.05) is 10.7 Å². The fourth-order valence-corrected chi connectivity index (χ4v) is 2.14. The number of hydrogen-bond acceptors (Lipinski definition) is 3. The zero-order chi connectivity index (χ0) is 12.3. The molecule has 3 unspecified atom stereocenters. The molecule has 3 nitrogen and oxygen atoms in total. The Morgan fingerprint density at radius 2 is 2.12 bits per heavy atom. The van der Waals surface area contributed by atoms with Gasteiger partial charge < -0.3 is 10.1 Å². The van der Waals surface area contributed by atoms with Gasteiger partial charge in [-0.25, -0.2) is 0 Å². The van der Waals surface area contributed by atoms with Crippen LogP contribution in [0.1, 0.15) is 19.8 Å². The van der Waals surface area contributed by atoms with Gasteiger partial charge in [0.1, 0.15) is 6.04 Å². The Labute approximate surface area is 106 Å². The Kier molecular flexibility index (Phi) is 3.88. The molecule has 0 radical (unpaired) electrons. The summed E-state index contributed by atoms with van der Waals surface area (Å²) in [7, 11) is 0. The highest BCUT2D eigenvalue weighted by molar-refractivity contribution is 6.30. The molecule has 2 rings (SSSR count). The molecule has 3 atom stereocenters. The first-order valence-corrected chi connectivity index (χ1v) is 6.14. The van der Waals surface area contributed by atoms with Crippen molar-refractivity contribution in [1.29, 1.82) is 5.26 Å². The lowest BCUT2D eigenvalue weighted by molar-refractivity contribution is 0.0534. The molecule has 0 spiro atoms. The Balaban J connectivity index is 2.00. The van der Waals surface area contributed by atoms with Crippen molar-refractivity contribution in [2.75, 3.05) is 5.32 Å². The van der Waals surface area contributed by atoms with Crippen molar-refractivity contribution in [3.63, 3.8) is 0 Å². The molecule has 1 N–H and O–H groups in total.